The van der Waals surface area contributed by atoms with Crippen molar-refractivity contribution in [1.82, 2.24) is 0 Å². The highest BCUT2D eigenvalue weighted by Crippen LogP contribution is 2.43. The van der Waals surface area contributed by atoms with Gasteiger partial charge in [0, 0.05) is 11.9 Å². The van der Waals surface area contributed by atoms with Crippen molar-refractivity contribution in [1.29, 1.82) is 0 Å². The Kier molecular flexibility index (Phi) is 6.86. The first-order valence-corrected chi connectivity index (χ1v) is 9.15. The zero-order valence-corrected chi connectivity index (χ0v) is 15.2. The van der Waals surface area contributed by atoms with E-state index in [0.29, 0.717) is 11.3 Å². The Hall–Kier alpha value is 0.440. The highest BCUT2D eigenvalue weighted by atomic mass is 79.9. The van der Waals surface area contributed by atoms with Crippen LogP contribution in [0.2, 0.25) is 0 Å². The minimum Gasteiger partial charge on any atom is -0.374 e. The van der Waals surface area contributed by atoms with Crippen molar-refractivity contribution in [2.75, 3.05) is 11.9 Å². The molecular formula is C17H33BrO. The summed E-state index contributed by atoms with van der Waals surface area (Å²) in [4.78, 5) is 0. The molecule has 1 aliphatic carbocycles. The van der Waals surface area contributed by atoms with E-state index in [0.717, 1.165) is 17.9 Å². The van der Waals surface area contributed by atoms with E-state index in [9.17, 15) is 0 Å². The van der Waals surface area contributed by atoms with Crippen LogP contribution in [-0.4, -0.2) is 17.5 Å². The van der Waals surface area contributed by atoms with E-state index < -0.39 is 0 Å². The average Bonchev–Trinajstić information content (AvgIpc) is 2.36. The van der Waals surface area contributed by atoms with Gasteiger partial charge in [0.1, 0.15) is 0 Å². The van der Waals surface area contributed by atoms with Crippen molar-refractivity contribution < 1.29 is 4.74 Å². The highest BCUT2D eigenvalue weighted by Gasteiger charge is 2.38. The van der Waals surface area contributed by atoms with Gasteiger partial charge >= 0.3 is 0 Å². The molecule has 0 aliphatic heterocycles. The summed E-state index contributed by atoms with van der Waals surface area (Å²) in [6.07, 6.45) is 7.62. The third-order valence-electron chi connectivity index (χ3n) is 4.82. The van der Waals surface area contributed by atoms with Crippen molar-refractivity contribution in [2.24, 2.45) is 17.3 Å². The molecule has 0 amide bonds. The van der Waals surface area contributed by atoms with E-state index in [1.807, 2.05) is 0 Å². The molecule has 0 radical (unpaired) electrons. The first-order chi connectivity index (χ1) is 8.83. The molecule has 0 N–H and O–H groups in total. The molecule has 0 bridgehead atoms. The van der Waals surface area contributed by atoms with Gasteiger partial charge < -0.3 is 4.74 Å². The summed E-state index contributed by atoms with van der Waals surface area (Å²) in [7, 11) is 0. The van der Waals surface area contributed by atoms with E-state index in [1.165, 1.54) is 38.5 Å². The second kappa shape index (κ2) is 7.45. The minimum atomic E-state index is 0.115. The second-order valence-corrected chi connectivity index (χ2v) is 8.22. The smallest absolute Gasteiger partial charge is 0.0779 e. The minimum absolute atomic E-state index is 0.115. The van der Waals surface area contributed by atoms with E-state index in [2.05, 4.69) is 50.5 Å². The standard InChI is InChI=1S/C17H33BrO/c1-6-7-14(2)12-19-17(13-18)10-8-15(9-11-17)16(3,4)5/h14-15H,6-13H2,1-5H3. The zero-order chi connectivity index (χ0) is 14.5. The highest BCUT2D eigenvalue weighted by molar-refractivity contribution is 9.09. The lowest BCUT2D eigenvalue weighted by molar-refractivity contribution is -0.0802. The molecule has 1 nitrogen and oxygen atoms in total. The summed E-state index contributed by atoms with van der Waals surface area (Å²) in [5, 5.41) is 0.996. The lowest BCUT2D eigenvalue weighted by Crippen LogP contribution is -2.42. The van der Waals surface area contributed by atoms with Crippen molar-refractivity contribution in [3.05, 3.63) is 0 Å². The Morgan fingerprint density at radius 2 is 1.84 bits per heavy atom. The molecule has 1 rings (SSSR count). The van der Waals surface area contributed by atoms with Gasteiger partial charge in [-0.15, -0.1) is 0 Å². The molecule has 1 aliphatic rings. The Morgan fingerprint density at radius 3 is 2.26 bits per heavy atom. The fourth-order valence-corrected chi connectivity index (χ4v) is 3.94. The van der Waals surface area contributed by atoms with Crippen LogP contribution in [0.1, 0.15) is 73.1 Å². The van der Waals surface area contributed by atoms with Crippen molar-refractivity contribution in [3.8, 4) is 0 Å². The first-order valence-electron chi connectivity index (χ1n) is 8.03. The molecule has 1 unspecified atom stereocenters. The lowest BCUT2D eigenvalue weighted by Gasteiger charge is -2.43. The molecule has 0 aromatic rings. The third kappa shape index (κ3) is 5.38. The van der Waals surface area contributed by atoms with Gasteiger partial charge in [0.05, 0.1) is 5.60 Å². The molecule has 0 aromatic heterocycles. The summed E-state index contributed by atoms with van der Waals surface area (Å²) >= 11 is 3.70. The van der Waals surface area contributed by atoms with Crippen LogP contribution in [0.4, 0.5) is 0 Å². The van der Waals surface area contributed by atoms with Gasteiger partial charge in [-0.25, -0.2) is 0 Å². The van der Waals surface area contributed by atoms with E-state index >= 15 is 0 Å². The van der Waals surface area contributed by atoms with Crippen LogP contribution >= 0.6 is 15.9 Å². The maximum Gasteiger partial charge on any atom is 0.0779 e. The Balaban J connectivity index is 2.46. The first kappa shape index (κ1) is 17.5. The molecule has 19 heavy (non-hydrogen) atoms. The molecule has 2 heteroatoms. The normalized spacial score (nSPS) is 30.3. The number of rotatable bonds is 6. The summed E-state index contributed by atoms with van der Waals surface area (Å²) in [6, 6.07) is 0. The fraction of sp³-hybridized carbons (Fsp3) is 1.00. The lowest BCUT2D eigenvalue weighted by atomic mass is 9.69. The molecule has 1 saturated carbocycles. The predicted molar refractivity (Wildman–Crippen MR) is 88.0 cm³/mol. The molecule has 0 aromatic carbocycles. The molecule has 1 fully saturated rings. The fourth-order valence-electron chi connectivity index (χ4n) is 3.22. The maximum atomic E-state index is 6.35. The molecule has 0 spiro atoms. The van der Waals surface area contributed by atoms with Crippen LogP contribution in [0.5, 0.6) is 0 Å². The Bertz CT molecular complexity index is 248. The molecule has 1 atom stereocenters. The molecular weight excluding hydrogens is 300 g/mol. The van der Waals surface area contributed by atoms with Gasteiger partial charge in [0.25, 0.3) is 0 Å². The van der Waals surface area contributed by atoms with E-state index in [1.54, 1.807) is 0 Å². The van der Waals surface area contributed by atoms with Gasteiger partial charge in [-0.3, -0.25) is 0 Å². The molecule has 0 heterocycles. The summed E-state index contributed by atoms with van der Waals surface area (Å²) < 4.78 is 6.35. The average molecular weight is 333 g/mol. The second-order valence-electron chi connectivity index (χ2n) is 7.66. The number of alkyl halides is 1. The maximum absolute atomic E-state index is 6.35. The van der Waals surface area contributed by atoms with Crippen LogP contribution in [0.3, 0.4) is 0 Å². The summed E-state index contributed by atoms with van der Waals surface area (Å²) in [5.74, 6) is 1.55. The monoisotopic (exact) mass is 332 g/mol. The topological polar surface area (TPSA) is 9.23 Å². The largest absolute Gasteiger partial charge is 0.374 e. The number of halogens is 1. The van der Waals surface area contributed by atoms with Crippen molar-refractivity contribution in [2.45, 2.75) is 78.7 Å². The number of hydrogen-bond donors (Lipinski definition) is 0. The van der Waals surface area contributed by atoms with E-state index in [4.69, 9.17) is 4.74 Å². The van der Waals surface area contributed by atoms with Crippen LogP contribution < -0.4 is 0 Å². The van der Waals surface area contributed by atoms with Crippen molar-refractivity contribution in [3.63, 3.8) is 0 Å². The molecule has 0 saturated heterocycles. The number of hydrogen-bond acceptors (Lipinski definition) is 1. The third-order valence-corrected chi connectivity index (χ3v) is 5.84. The van der Waals surface area contributed by atoms with Gasteiger partial charge in [0.15, 0.2) is 0 Å². The molecule has 114 valence electrons. The van der Waals surface area contributed by atoms with Gasteiger partial charge in [0.2, 0.25) is 0 Å². The van der Waals surface area contributed by atoms with Crippen LogP contribution in [0, 0.1) is 17.3 Å². The SMILES string of the molecule is CCCC(C)COC1(CBr)CCC(C(C)(C)C)CC1. The quantitative estimate of drug-likeness (QED) is 0.557. The zero-order valence-electron chi connectivity index (χ0n) is 13.6. The Labute approximate surface area is 129 Å². The number of ether oxygens (including phenoxy) is 1. The van der Waals surface area contributed by atoms with E-state index in [-0.39, 0.29) is 5.60 Å². The van der Waals surface area contributed by atoms with Crippen LogP contribution in [0.15, 0.2) is 0 Å². The van der Waals surface area contributed by atoms with Crippen molar-refractivity contribution >= 4 is 15.9 Å². The predicted octanol–water partition coefficient (Wildman–Crippen LogP) is 5.81. The Morgan fingerprint density at radius 1 is 1.26 bits per heavy atom. The van der Waals surface area contributed by atoms with Crippen LogP contribution in [-0.2, 0) is 4.74 Å². The van der Waals surface area contributed by atoms with Gasteiger partial charge in [-0.2, -0.15) is 0 Å². The van der Waals surface area contributed by atoms with Gasteiger partial charge in [-0.1, -0.05) is 57.0 Å². The van der Waals surface area contributed by atoms with Gasteiger partial charge in [-0.05, 0) is 49.4 Å². The summed E-state index contributed by atoms with van der Waals surface area (Å²) in [5.41, 5.74) is 0.567. The van der Waals surface area contributed by atoms with Crippen LogP contribution in [0.25, 0.3) is 0 Å². The summed E-state index contributed by atoms with van der Waals surface area (Å²) in [6.45, 7) is 12.6.